The van der Waals surface area contributed by atoms with Crippen LogP contribution in [0.25, 0.3) is 0 Å². The Kier molecular flexibility index (Phi) is 2.78. The van der Waals surface area contributed by atoms with Gasteiger partial charge in [-0.25, -0.2) is 0 Å². The molecule has 2 rings (SSSR count). The van der Waals surface area contributed by atoms with Crippen molar-refractivity contribution in [2.24, 2.45) is 0 Å². The number of morpholine rings is 1. The van der Waals surface area contributed by atoms with Gasteiger partial charge in [-0.05, 0) is 0 Å². The van der Waals surface area contributed by atoms with E-state index in [0.717, 1.165) is 0 Å². The second kappa shape index (κ2) is 4.23. The molecule has 15 heavy (non-hydrogen) atoms. The van der Waals surface area contributed by atoms with Crippen molar-refractivity contribution >= 4 is 11.7 Å². The molecule has 0 spiro atoms. The van der Waals surface area contributed by atoms with Crippen molar-refractivity contribution in [3.63, 3.8) is 0 Å². The fraction of sp³-hybridized carbons (Fsp3) is 0.273. The van der Waals surface area contributed by atoms with Crippen molar-refractivity contribution in [2.75, 3.05) is 13.2 Å². The van der Waals surface area contributed by atoms with Crippen molar-refractivity contribution in [2.45, 2.75) is 6.04 Å². The third kappa shape index (κ3) is 2.22. The molecular weight excluding hydrogens is 194 g/mol. The number of hydrogen-bond acceptors (Lipinski definition) is 3. The van der Waals surface area contributed by atoms with Crippen LogP contribution < -0.4 is 5.32 Å². The first-order valence-electron chi connectivity index (χ1n) is 4.74. The summed E-state index contributed by atoms with van der Waals surface area (Å²) in [4.78, 5) is 22.9. The zero-order valence-electron chi connectivity index (χ0n) is 8.10. The van der Waals surface area contributed by atoms with Gasteiger partial charge in [-0.1, -0.05) is 30.3 Å². The van der Waals surface area contributed by atoms with E-state index in [-0.39, 0.29) is 24.9 Å². The normalized spacial score (nSPS) is 20.8. The summed E-state index contributed by atoms with van der Waals surface area (Å²) in [7, 11) is 0. The summed E-state index contributed by atoms with van der Waals surface area (Å²) in [5, 5.41) is 2.60. The standard InChI is InChI=1S/C11H11NO3/c13-10-7-15-6-9(12-10)11(14)8-4-2-1-3-5-8/h1-5,9H,6-7H2,(H,12,13)/t9-/m1/s1. The molecule has 78 valence electrons. The molecule has 1 amide bonds. The number of rotatable bonds is 2. The Morgan fingerprint density at radius 2 is 2.07 bits per heavy atom. The van der Waals surface area contributed by atoms with Crippen molar-refractivity contribution in [1.29, 1.82) is 0 Å². The van der Waals surface area contributed by atoms with Crippen LogP contribution in [0.1, 0.15) is 10.4 Å². The number of benzene rings is 1. The molecule has 1 heterocycles. The van der Waals surface area contributed by atoms with Crippen LogP contribution in [0.2, 0.25) is 0 Å². The lowest BCUT2D eigenvalue weighted by atomic mass is 10.0. The molecule has 0 aliphatic carbocycles. The minimum absolute atomic E-state index is 0.0402. The Hall–Kier alpha value is -1.68. The molecule has 0 radical (unpaired) electrons. The van der Waals surface area contributed by atoms with Crippen LogP contribution in [0.15, 0.2) is 30.3 Å². The maximum Gasteiger partial charge on any atom is 0.246 e. The Bertz CT molecular complexity index is 375. The van der Waals surface area contributed by atoms with Crippen molar-refractivity contribution in [3.05, 3.63) is 35.9 Å². The van der Waals surface area contributed by atoms with Crippen LogP contribution in [0.5, 0.6) is 0 Å². The van der Waals surface area contributed by atoms with Gasteiger partial charge in [0.1, 0.15) is 12.6 Å². The second-order valence-corrected chi connectivity index (χ2v) is 3.37. The van der Waals surface area contributed by atoms with E-state index in [2.05, 4.69) is 5.32 Å². The highest BCUT2D eigenvalue weighted by Gasteiger charge is 2.25. The number of Topliss-reactive ketones (excluding diaryl/α,β-unsaturated/α-hetero) is 1. The molecule has 1 aliphatic heterocycles. The van der Waals surface area contributed by atoms with Crippen LogP contribution in [0.4, 0.5) is 0 Å². The van der Waals surface area contributed by atoms with Gasteiger partial charge in [-0.2, -0.15) is 0 Å². The number of carbonyl (C=O) groups is 2. The number of ketones is 1. The summed E-state index contributed by atoms with van der Waals surface area (Å²) in [5.41, 5.74) is 0.591. The third-order valence-corrected chi connectivity index (χ3v) is 2.23. The van der Waals surface area contributed by atoms with Crippen molar-refractivity contribution in [1.82, 2.24) is 5.32 Å². The highest BCUT2D eigenvalue weighted by Crippen LogP contribution is 2.06. The topological polar surface area (TPSA) is 55.4 Å². The van der Waals surface area contributed by atoms with Gasteiger partial charge >= 0.3 is 0 Å². The molecule has 1 fully saturated rings. The Morgan fingerprint density at radius 3 is 2.73 bits per heavy atom. The Balaban J connectivity index is 2.11. The predicted octanol–water partition coefficient (Wildman–Crippen LogP) is 0.384. The highest BCUT2D eigenvalue weighted by molar-refractivity contribution is 6.02. The monoisotopic (exact) mass is 205 g/mol. The molecular formula is C11H11NO3. The molecule has 4 heteroatoms. The van der Waals surface area contributed by atoms with Gasteiger partial charge in [-0.15, -0.1) is 0 Å². The van der Waals surface area contributed by atoms with E-state index in [4.69, 9.17) is 4.74 Å². The maximum atomic E-state index is 11.9. The van der Waals surface area contributed by atoms with Crippen LogP contribution in [-0.4, -0.2) is 30.9 Å². The number of ether oxygens (including phenoxy) is 1. The van der Waals surface area contributed by atoms with Gasteiger partial charge in [0.05, 0.1) is 6.61 Å². The van der Waals surface area contributed by atoms with Gasteiger partial charge < -0.3 is 10.1 Å². The number of amides is 1. The van der Waals surface area contributed by atoms with Crippen molar-refractivity contribution in [3.8, 4) is 0 Å². The van der Waals surface area contributed by atoms with Gasteiger partial charge in [0, 0.05) is 5.56 Å². The maximum absolute atomic E-state index is 11.9. The zero-order chi connectivity index (χ0) is 10.7. The average molecular weight is 205 g/mol. The largest absolute Gasteiger partial charge is 0.369 e. The van der Waals surface area contributed by atoms with E-state index in [1.165, 1.54) is 0 Å². The zero-order valence-corrected chi connectivity index (χ0v) is 8.10. The van der Waals surface area contributed by atoms with E-state index >= 15 is 0 Å². The predicted molar refractivity (Wildman–Crippen MR) is 53.5 cm³/mol. The van der Waals surface area contributed by atoms with Crippen molar-refractivity contribution < 1.29 is 14.3 Å². The van der Waals surface area contributed by atoms with Crippen LogP contribution in [0.3, 0.4) is 0 Å². The molecule has 4 nitrogen and oxygen atoms in total. The number of nitrogens with one attached hydrogen (secondary N) is 1. The fourth-order valence-electron chi connectivity index (χ4n) is 1.49. The quantitative estimate of drug-likeness (QED) is 0.710. The molecule has 1 atom stereocenters. The van der Waals surface area contributed by atoms with Gasteiger partial charge in [0.15, 0.2) is 5.78 Å². The van der Waals surface area contributed by atoms with Crippen LogP contribution in [0, 0.1) is 0 Å². The van der Waals surface area contributed by atoms with Gasteiger partial charge in [0.25, 0.3) is 0 Å². The summed E-state index contributed by atoms with van der Waals surface area (Å²) in [6.07, 6.45) is 0. The highest BCUT2D eigenvalue weighted by atomic mass is 16.5. The Morgan fingerprint density at radius 1 is 1.33 bits per heavy atom. The summed E-state index contributed by atoms with van der Waals surface area (Å²) in [6, 6.07) is 8.32. The minimum Gasteiger partial charge on any atom is -0.369 e. The molecule has 1 N–H and O–H groups in total. The first-order chi connectivity index (χ1) is 7.27. The van der Waals surface area contributed by atoms with E-state index in [9.17, 15) is 9.59 Å². The lowest BCUT2D eigenvalue weighted by Gasteiger charge is -2.22. The van der Waals surface area contributed by atoms with E-state index in [1.807, 2.05) is 6.07 Å². The second-order valence-electron chi connectivity index (χ2n) is 3.37. The van der Waals surface area contributed by atoms with E-state index in [1.54, 1.807) is 24.3 Å². The molecule has 0 unspecified atom stereocenters. The average Bonchev–Trinajstić information content (AvgIpc) is 2.29. The Labute approximate surface area is 87.2 Å². The molecule has 1 saturated heterocycles. The molecule has 0 saturated carbocycles. The summed E-state index contributed by atoms with van der Waals surface area (Å²) in [5.74, 6) is -0.348. The molecule has 1 aromatic rings. The third-order valence-electron chi connectivity index (χ3n) is 2.23. The van der Waals surface area contributed by atoms with E-state index in [0.29, 0.717) is 5.56 Å². The molecule has 1 aliphatic rings. The summed E-state index contributed by atoms with van der Waals surface area (Å²) >= 11 is 0. The molecule has 0 bridgehead atoms. The van der Waals surface area contributed by atoms with E-state index < -0.39 is 6.04 Å². The molecule has 1 aromatic carbocycles. The lowest BCUT2D eigenvalue weighted by molar-refractivity contribution is -0.130. The van der Waals surface area contributed by atoms with Gasteiger partial charge in [0.2, 0.25) is 5.91 Å². The fourth-order valence-corrected chi connectivity index (χ4v) is 1.49. The SMILES string of the molecule is O=C1COC[C@H](C(=O)c2ccccc2)N1. The van der Waals surface area contributed by atoms with Crippen LogP contribution in [-0.2, 0) is 9.53 Å². The number of carbonyl (C=O) groups excluding carboxylic acids is 2. The minimum atomic E-state index is -0.548. The summed E-state index contributed by atoms with van der Waals surface area (Å²) in [6.45, 7) is 0.290. The lowest BCUT2D eigenvalue weighted by Crippen LogP contribution is -2.50. The van der Waals surface area contributed by atoms with Crippen LogP contribution >= 0.6 is 0 Å². The van der Waals surface area contributed by atoms with Gasteiger partial charge in [-0.3, -0.25) is 9.59 Å². The first-order valence-corrected chi connectivity index (χ1v) is 4.74. The summed E-state index contributed by atoms with van der Waals surface area (Å²) < 4.78 is 5.00. The number of hydrogen-bond donors (Lipinski definition) is 1. The first kappa shape index (κ1) is 9.86. The molecule has 0 aromatic heterocycles. The smallest absolute Gasteiger partial charge is 0.246 e.